The van der Waals surface area contributed by atoms with Crippen molar-refractivity contribution in [2.45, 2.75) is 32.7 Å². The van der Waals surface area contributed by atoms with Crippen LogP contribution in [0.1, 0.15) is 48.2 Å². The number of hydrogen-bond donors (Lipinski definition) is 1. The van der Waals surface area contributed by atoms with Crippen LogP contribution in [0.15, 0.2) is 72.4 Å². The highest BCUT2D eigenvalue weighted by atomic mass is 16.5. The SMILES string of the molecule is COc1ccc(/C(O)=C2/C(=O)C(=O)N(c3ccc(C(C)C)cc3)C2c2ccccn2)cc1C. The summed E-state index contributed by atoms with van der Waals surface area (Å²) in [6.07, 6.45) is 1.61. The number of aliphatic hydroxyl groups is 1. The maximum atomic E-state index is 13.2. The molecular formula is C27H26N2O4. The Morgan fingerprint density at radius 3 is 2.36 bits per heavy atom. The van der Waals surface area contributed by atoms with Gasteiger partial charge in [0.15, 0.2) is 0 Å². The highest BCUT2D eigenvalue weighted by Crippen LogP contribution is 2.42. The van der Waals surface area contributed by atoms with E-state index < -0.39 is 17.7 Å². The number of methoxy groups -OCH3 is 1. The van der Waals surface area contributed by atoms with Gasteiger partial charge in [0.25, 0.3) is 11.7 Å². The van der Waals surface area contributed by atoms with Gasteiger partial charge in [-0.15, -0.1) is 0 Å². The van der Waals surface area contributed by atoms with Gasteiger partial charge in [-0.05, 0) is 66.4 Å². The summed E-state index contributed by atoms with van der Waals surface area (Å²) in [7, 11) is 1.57. The van der Waals surface area contributed by atoms with E-state index in [1.807, 2.05) is 31.2 Å². The molecule has 3 aromatic rings. The smallest absolute Gasteiger partial charge is 0.300 e. The third-order valence-corrected chi connectivity index (χ3v) is 5.92. The fraction of sp³-hybridized carbons (Fsp3) is 0.222. The molecule has 1 amide bonds. The van der Waals surface area contributed by atoms with Crippen molar-refractivity contribution in [1.29, 1.82) is 0 Å². The van der Waals surface area contributed by atoms with Gasteiger partial charge < -0.3 is 9.84 Å². The molecule has 0 spiro atoms. The quantitative estimate of drug-likeness (QED) is 0.336. The lowest BCUT2D eigenvalue weighted by Gasteiger charge is -2.25. The number of nitrogens with zero attached hydrogens (tertiary/aromatic N) is 2. The van der Waals surface area contributed by atoms with Crippen molar-refractivity contribution >= 4 is 23.1 Å². The maximum absolute atomic E-state index is 13.2. The maximum Gasteiger partial charge on any atom is 0.300 e. The predicted molar refractivity (Wildman–Crippen MR) is 127 cm³/mol. The fourth-order valence-electron chi connectivity index (χ4n) is 4.12. The number of ether oxygens (including phenoxy) is 1. The highest BCUT2D eigenvalue weighted by molar-refractivity contribution is 6.51. The van der Waals surface area contributed by atoms with E-state index in [0.717, 1.165) is 11.1 Å². The van der Waals surface area contributed by atoms with Crippen LogP contribution in [0, 0.1) is 6.92 Å². The third kappa shape index (κ3) is 4.00. The number of anilines is 1. The van der Waals surface area contributed by atoms with Gasteiger partial charge in [0.05, 0.1) is 18.4 Å². The monoisotopic (exact) mass is 442 g/mol. The Bertz CT molecular complexity index is 1230. The predicted octanol–water partition coefficient (Wildman–Crippen LogP) is 5.15. The van der Waals surface area contributed by atoms with E-state index in [0.29, 0.717) is 28.6 Å². The van der Waals surface area contributed by atoms with E-state index in [9.17, 15) is 14.7 Å². The van der Waals surface area contributed by atoms with Gasteiger partial charge >= 0.3 is 0 Å². The Morgan fingerprint density at radius 1 is 1.06 bits per heavy atom. The summed E-state index contributed by atoms with van der Waals surface area (Å²) in [6.45, 7) is 6.03. The molecule has 1 atom stereocenters. The van der Waals surface area contributed by atoms with Gasteiger partial charge in [0.1, 0.15) is 17.6 Å². The molecule has 168 valence electrons. The van der Waals surface area contributed by atoms with E-state index >= 15 is 0 Å². The summed E-state index contributed by atoms with van der Waals surface area (Å²) in [5.74, 6) is -0.687. The second-order valence-corrected chi connectivity index (χ2v) is 8.35. The lowest BCUT2D eigenvalue weighted by atomic mass is 9.97. The number of carbonyl (C=O) groups excluding carboxylic acids is 2. The molecule has 1 aliphatic heterocycles. The van der Waals surface area contributed by atoms with Crippen molar-refractivity contribution in [2.24, 2.45) is 0 Å². The minimum atomic E-state index is -0.849. The number of aromatic nitrogens is 1. The zero-order valence-electron chi connectivity index (χ0n) is 19.1. The van der Waals surface area contributed by atoms with E-state index in [4.69, 9.17) is 4.74 Å². The normalized spacial score (nSPS) is 17.6. The fourth-order valence-corrected chi connectivity index (χ4v) is 4.12. The second kappa shape index (κ2) is 8.90. The Kier molecular flexibility index (Phi) is 6.01. The lowest BCUT2D eigenvalue weighted by molar-refractivity contribution is -0.132. The summed E-state index contributed by atoms with van der Waals surface area (Å²) < 4.78 is 5.30. The van der Waals surface area contributed by atoms with Crippen molar-refractivity contribution in [1.82, 2.24) is 4.98 Å². The van der Waals surface area contributed by atoms with Crippen LogP contribution >= 0.6 is 0 Å². The van der Waals surface area contributed by atoms with Crippen LogP contribution < -0.4 is 9.64 Å². The number of ketones is 1. The summed E-state index contributed by atoms with van der Waals surface area (Å²) >= 11 is 0. The zero-order valence-corrected chi connectivity index (χ0v) is 19.1. The Morgan fingerprint density at radius 2 is 1.79 bits per heavy atom. The molecule has 1 saturated heterocycles. The van der Waals surface area contributed by atoms with Crippen molar-refractivity contribution in [3.05, 3.63) is 94.8 Å². The molecule has 0 bridgehead atoms. The first-order valence-corrected chi connectivity index (χ1v) is 10.8. The number of amides is 1. The molecule has 1 aliphatic rings. The van der Waals surface area contributed by atoms with E-state index in [-0.39, 0.29) is 11.3 Å². The average molecular weight is 443 g/mol. The number of pyridine rings is 1. The van der Waals surface area contributed by atoms with Crippen molar-refractivity contribution in [2.75, 3.05) is 12.0 Å². The number of aryl methyl sites for hydroxylation is 1. The molecule has 33 heavy (non-hydrogen) atoms. The average Bonchev–Trinajstić information content (AvgIpc) is 3.09. The van der Waals surface area contributed by atoms with E-state index in [2.05, 4.69) is 18.8 Å². The topological polar surface area (TPSA) is 79.7 Å². The van der Waals surface area contributed by atoms with Crippen LogP contribution in [0.25, 0.3) is 5.76 Å². The molecule has 6 heteroatoms. The van der Waals surface area contributed by atoms with Gasteiger partial charge in [-0.3, -0.25) is 19.5 Å². The van der Waals surface area contributed by atoms with Gasteiger partial charge in [-0.2, -0.15) is 0 Å². The number of benzene rings is 2. The molecule has 1 fully saturated rings. The standard InChI is InChI=1S/C27H26N2O4/c1-16(2)18-8-11-20(12-9-18)29-24(21-7-5-6-14-28-21)23(26(31)27(29)32)25(30)19-10-13-22(33-4)17(3)15-19/h5-16,24,30H,1-4H3/b25-23-. The molecule has 6 nitrogen and oxygen atoms in total. The van der Waals surface area contributed by atoms with Crippen LogP contribution in [-0.2, 0) is 9.59 Å². The Balaban J connectivity index is 1.89. The van der Waals surface area contributed by atoms with Crippen LogP contribution in [0.5, 0.6) is 5.75 Å². The number of rotatable bonds is 5. The number of carbonyl (C=O) groups is 2. The molecule has 0 radical (unpaired) electrons. The van der Waals surface area contributed by atoms with Crippen molar-refractivity contribution in [3.63, 3.8) is 0 Å². The zero-order chi connectivity index (χ0) is 23.7. The van der Waals surface area contributed by atoms with Gasteiger partial charge in [-0.1, -0.05) is 32.0 Å². The van der Waals surface area contributed by atoms with Crippen LogP contribution in [0.4, 0.5) is 5.69 Å². The number of aliphatic hydroxyl groups excluding tert-OH is 1. The molecule has 1 N–H and O–H groups in total. The summed E-state index contributed by atoms with van der Waals surface area (Å²) in [5.41, 5.74) is 3.44. The van der Waals surface area contributed by atoms with Gasteiger partial charge in [-0.25, -0.2) is 0 Å². The molecular weight excluding hydrogens is 416 g/mol. The van der Waals surface area contributed by atoms with Crippen LogP contribution in [-0.4, -0.2) is 28.9 Å². The number of Topliss-reactive ketones (excluding diaryl/α,β-unsaturated/α-hetero) is 1. The molecule has 0 aliphatic carbocycles. The molecule has 1 unspecified atom stereocenters. The summed E-state index contributed by atoms with van der Waals surface area (Å²) in [4.78, 5) is 32.2. The van der Waals surface area contributed by atoms with Gasteiger partial charge in [0, 0.05) is 17.4 Å². The molecule has 2 heterocycles. The summed E-state index contributed by atoms with van der Waals surface area (Å²) in [5, 5.41) is 11.2. The molecule has 0 saturated carbocycles. The number of hydrogen-bond acceptors (Lipinski definition) is 5. The first-order chi connectivity index (χ1) is 15.8. The van der Waals surface area contributed by atoms with Gasteiger partial charge in [0.2, 0.25) is 0 Å². The highest BCUT2D eigenvalue weighted by Gasteiger charge is 2.47. The van der Waals surface area contributed by atoms with Crippen LogP contribution in [0.3, 0.4) is 0 Å². The minimum Gasteiger partial charge on any atom is -0.507 e. The minimum absolute atomic E-state index is 0.0104. The van der Waals surface area contributed by atoms with E-state index in [1.165, 1.54) is 4.90 Å². The second-order valence-electron chi connectivity index (χ2n) is 8.35. The first-order valence-electron chi connectivity index (χ1n) is 10.8. The summed E-state index contributed by atoms with van der Waals surface area (Å²) in [6, 6.07) is 17.1. The molecule has 4 rings (SSSR count). The van der Waals surface area contributed by atoms with Crippen molar-refractivity contribution < 1.29 is 19.4 Å². The van der Waals surface area contributed by atoms with E-state index in [1.54, 1.807) is 49.7 Å². The Hall–Kier alpha value is -3.93. The molecule has 1 aromatic heterocycles. The largest absolute Gasteiger partial charge is 0.507 e. The first kappa shape index (κ1) is 22.3. The van der Waals surface area contributed by atoms with Crippen molar-refractivity contribution in [3.8, 4) is 5.75 Å². The molecule has 2 aromatic carbocycles. The Labute approximate surface area is 193 Å². The lowest BCUT2D eigenvalue weighted by Crippen LogP contribution is -2.29. The van der Waals surface area contributed by atoms with Crippen LogP contribution in [0.2, 0.25) is 0 Å². The third-order valence-electron chi connectivity index (χ3n) is 5.92.